The Labute approximate surface area is 265 Å². The van der Waals surface area contributed by atoms with Crippen molar-refractivity contribution in [3.63, 3.8) is 0 Å². The van der Waals surface area contributed by atoms with Crippen molar-refractivity contribution < 1.29 is 58.9 Å². The molecule has 0 aromatic heterocycles. The van der Waals surface area contributed by atoms with Gasteiger partial charge in [0.15, 0.2) is 0 Å². The maximum absolute atomic E-state index is 2.51. The molecule has 5 heteroatoms. The molecule has 4 aromatic carbocycles. The van der Waals surface area contributed by atoms with Gasteiger partial charge >= 0.3 is 21.7 Å². The molecule has 0 fully saturated rings. The van der Waals surface area contributed by atoms with E-state index in [-0.39, 0.29) is 64.4 Å². The summed E-state index contributed by atoms with van der Waals surface area (Å²) in [7, 11) is -1.46. The molecule has 0 atom stereocenters. The Morgan fingerprint density at radius 3 is 1.03 bits per heavy atom. The van der Waals surface area contributed by atoms with E-state index in [0.29, 0.717) is 0 Å². The minimum absolute atomic E-state index is 0. The van der Waals surface area contributed by atoms with Gasteiger partial charge in [-0.2, -0.15) is 22.9 Å². The van der Waals surface area contributed by atoms with Crippen molar-refractivity contribution in [2.45, 2.75) is 66.6 Å². The van der Waals surface area contributed by atoms with E-state index in [2.05, 4.69) is 134 Å². The largest absolute Gasteiger partial charge is 4.00 e. The van der Waals surface area contributed by atoms with Crippen molar-refractivity contribution in [2.75, 3.05) is 0 Å². The van der Waals surface area contributed by atoms with Crippen LogP contribution in [0.5, 0.6) is 0 Å². The minimum Gasteiger partial charge on any atom is -1.00 e. The van der Waals surface area contributed by atoms with E-state index in [0.717, 1.165) is 0 Å². The van der Waals surface area contributed by atoms with Crippen LogP contribution in [-0.2, 0) is 27.1 Å². The minimum atomic E-state index is -1.46. The summed E-state index contributed by atoms with van der Waals surface area (Å²) in [4.78, 5) is 0. The molecule has 0 unspecified atom stereocenters. The number of halogens is 3. The first-order valence-corrected chi connectivity index (χ1v) is 15.9. The average Bonchev–Trinajstić information content (AvgIpc) is 3.17. The molecule has 0 heterocycles. The van der Waals surface area contributed by atoms with Gasteiger partial charge in [-0.25, -0.2) is 6.07 Å². The van der Waals surface area contributed by atoms with Crippen molar-refractivity contribution in [1.29, 1.82) is 0 Å². The Morgan fingerprint density at radius 1 is 0.500 bits per heavy atom. The summed E-state index contributed by atoms with van der Waals surface area (Å²) >= 11 is 0. The van der Waals surface area contributed by atoms with Gasteiger partial charge in [0.05, 0.1) is 0 Å². The fraction of sp³-hybridized carbons (Fsp3) is 0.303. The van der Waals surface area contributed by atoms with Crippen LogP contribution < -0.4 is 42.4 Å². The molecule has 0 N–H and O–H groups in total. The van der Waals surface area contributed by atoms with Gasteiger partial charge in [0.25, 0.3) is 0 Å². The van der Waals surface area contributed by atoms with Crippen LogP contribution in [0.3, 0.4) is 0 Å². The van der Waals surface area contributed by atoms with E-state index in [4.69, 9.17) is 0 Å². The second-order valence-corrected chi connectivity index (χ2v) is 16.6. The summed E-state index contributed by atoms with van der Waals surface area (Å²) < 4.78 is 0. The Hall–Kier alpha value is -1.19. The van der Waals surface area contributed by atoms with Crippen LogP contribution in [0.4, 0.5) is 0 Å². The Bertz CT molecular complexity index is 1180. The Balaban J connectivity index is 0.00000342. The van der Waals surface area contributed by atoms with E-state index in [1.165, 1.54) is 60.8 Å². The Morgan fingerprint density at radius 2 is 0.789 bits per heavy atom. The molecule has 200 valence electrons. The van der Waals surface area contributed by atoms with Gasteiger partial charge in [-0.3, -0.25) is 0 Å². The molecule has 0 saturated heterocycles. The first kappa shape index (κ1) is 36.8. The number of benzene rings is 3. The van der Waals surface area contributed by atoms with Gasteiger partial charge in [0.2, 0.25) is 0 Å². The van der Waals surface area contributed by atoms with Crippen molar-refractivity contribution in [1.82, 2.24) is 0 Å². The molecule has 0 amide bonds. The molecular formula is C33H39Cl3SiTi. The van der Waals surface area contributed by atoms with Gasteiger partial charge in [0, 0.05) is 13.5 Å². The second-order valence-electron chi connectivity index (χ2n) is 11.5. The monoisotopic (exact) mass is 616 g/mol. The summed E-state index contributed by atoms with van der Waals surface area (Å²) in [5.74, 6) is 0. The molecule has 0 saturated carbocycles. The fourth-order valence-corrected chi connectivity index (χ4v) is 6.89. The molecule has 38 heavy (non-hydrogen) atoms. The molecule has 0 aliphatic carbocycles. The third kappa shape index (κ3) is 7.30. The first-order valence-electron chi connectivity index (χ1n) is 12.4. The fourth-order valence-electron chi connectivity index (χ4n) is 5.72. The van der Waals surface area contributed by atoms with Crippen LogP contribution in [0.25, 0.3) is 0 Å². The van der Waals surface area contributed by atoms with Crippen LogP contribution in [0.1, 0.15) is 55.6 Å². The van der Waals surface area contributed by atoms with Crippen molar-refractivity contribution in [3.8, 4) is 0 Å². The predicted octanol–water partition coefficient (Wildman–Crippen LogP) is -0.807. The summed E-state index contributed by atoms with van der Waals surface area (Å²) in [5, 5.41) is 1.52. The summed E-state index contributed by atoms with van der Waals surface area (Å²) in [6, 6.07) is 28.6. The maximum Gasteiger partial charge on any atom is 4.00 e. The zero-order valence-corrected chi connectivity index (χ0v) is 28.9. The van der Waals surface area contributed by atoms with Crippen LogP contribution in [0.2, 0.25) is 19.6 Å². The summed E-state index contributed by atoms with van der Waals surface area (Å²) in [6.45, 7) is 20.7. The van der Waals surface area contributed by atoms with E-state index < -0.39 is 8.07 Å². The molecule has 0 nitrogen and oxygen atoms in total. The molecule has 0 bridgehead atoms. The molecular weight excluding hydrogens is 579 g/mol. The quantitative estimate of drug-likeness (QED) is 0.156. The maximum atomic E-state index is 2.51. The third-order valence-corrected chi connectivity index (χ3v) is 9.06. The third-order valence-electron chi connectivity index (χ3n) is 7.02. The van der Waals surface area contributed by atoms with Gasteiger partial charge in [-0.15, -0.1) is 0 Å². The van der Waals surface area contributed by atoms with E-state index in [1.807, 2.05) is 0 Å². The van der Waals surface area contributed by atoms with Crippen molar-refractivity contribution in [2.24, 2.45) is 0 Å². The van der Waals surface area contributed by atoms with Crippen LogP contribution >= 0.6 is 0 Å². The standard InChI is InChI=1S/C33H39Si.3ClH.Ti/c1-22-12-23(2)16-29(15-22)33(30-17-24(3)13-25(4)18-30,31-19-26(5)14-27(6)20-31)28-10-11-32(21-28)34(7,8)9;;;;/h10-21H,1-9H3;3*1H;/q-1;;;;+4/p-3. The first-order chi connectivity index (χ1) is 15.9. The molecule has 4 rings (SSSR count). The zero-order chi connectivity index (χ0) is 24.8. The summed E-state index contributed by atoms with van der Waals surface area (Å²) in [6.07, 6.45) is 0. The molecule has 0 radical (unpaired) electrons. The smallest absolute Gasteiger partial charge is 1.00 e. The SMILES string of the molecule is Cc1cc(C)cc(C(c2cc(C)cc(C)c2)(c2cc(C)cc(C)c2)c2cc[c-]([Si](C)(C)C)c2)c1.[Cl-].[Cl-].[Cl-].[Ti+4]. The van der Waals surface area contributed by atoms with Gasteiger partial charge in [-0.1, -0.05) is 108 Å². The number of rotatable bonds is 5. The van der Waals surface area contributed by atoms with E-state index in [1.54, 1.807) is 0 Å². The van der Waals surface area contributed by atoms with Crippen LogP contribution in [0, 0.1) is 41.5 Å². The van der Waals surface area contributed by atoms with Crippen molar-refractivity contribution in [3.05, 3.63) is 128 Å². The molecule has 0 aliphatic heterocycles. The molecule has 0 aliphatic rings. The van der Waals surface area contributed by atoms with E-state index >= 15 is 0 Å². The second kappa shape index (κ2) is 13.9. The zero-order valence-electron chi connectivity index (χ0n) is 24.1. The van der Waals surface area contributed by atoms with E-state index in [9.17, 15) is 0 Å². The van der Waals surface area contributed by atoms with Gasteiger partial charge in [-0.05, 0) is 58.2 Å². The number of aryl methyl sites for hydroxylation is 6. The van der Waals surface area contributed by atoms with Crippen LogP contribution in [0.15, 0.2) is 72.8 Å². The average molecular weight is 618 g/mol. The normalized spacial score (nSPS) is 11.0. The van der Waals surface area contributed by atoms with Crippen molar-refractivity contribution >= 4 is 13.3 Å². The summed E-state index contributed by atoms with van der Waals surface area (Å²) in [5.41, 5.74) is 12.9. The topological polar surface area (TPSA) is 0 Å². The van der Waals surface area contributed by atoms with Gasteiger partial charge in [0.1, 0.15) is 0 Å². The molecule has 4 aromatic rings. The Kier molecular flexibility index (Phi) is 13.5. The number of hydrogen-bond donors (Lipinski definition) is 0. The predicted molar refractivity (Wildman–Crippen MR) is 152 cm³/mol. The van der Waals surface area contributed by atoms with Gasteiger partial charge < -0.3 is 37.2 Å². The number of hydrogen-bond acceptors (Lipinski definition) is 0. The molecule has 0 spiro atoms. The van der Waals surface area contributed by atoms with Crippen LogP contribution in [-0.4, -0.2) is 8.07 Å².